The maximum atomic E-state index is 11.8. The van der Waals surface area contributed by atoms with Crippen LogP contribution in [-0.4, -0.2) is 30.2 Å². The number of benzene rings is 1. The van der Waals surface area contributed by atoms with Gasteiger partial charge in [-0.05, 0) is 30.7 Å². The van der Waals surface area contributed by atoms with Gasteiger partial charge in [-0.3, -0.25) is 4.79 Å². The van der Waals surface area contributed by atoms with Crippen LogP contribution in [0.25, 0.3) is 0 Å². The molecule has 0 saturated carbocycles. The quantitative estimate of drug-likeness (QED) is 0.772. The third-order valence-electron chi connectivity index (χ3n) is 2.18. The van der Waals surface area contributed by atoms with Gasteiger partial charge in [0.1, 0.15) is 0 Å². The van der Waals surface area contributed by atoms with E-state index >= 15 is 0 Å². The lowest BCUT2D eigenvalue weighted by atomic mass is 10.3. The number of nitrogens with zero attached hydrogens (tertiary/aromatic N) is 1. The first-order chi connectivity index (χ1) is 7.54. The standard InChI is InChI=1S/C12H16ClNOS/c1-4-11(12(15)14(2)3)16-10-7-5-9(13)6-8-10/h5-8,11H,4H2,1-3H3/t11-/m1/s1. The van der Waals surface area contributed by atoms with E-state index in [4.69, 9.17) is 11.6 Å². The SMILES string of the molecule is CC[C@@H](Sc1ccc(Cl)cc1)C(=O)N(C)C. The maximum Gasteiger partial charge on any atom is 0.235 e. The molecule has 0 N–H and O–H groups in total. The third-order valence-corrected chi connectivity index (χ3v) is 3.79. The summed E-state index contributed by atoms with van der Waals surface area (Å²) in [5, 5.41) is 0.701. The fraction of sp³-hybridized carbons (Fsp3) is 0.417. The predicted molar refractivity (Wildman–Crippen MR) is 70.1 cm³/mol. The molecule has 1 rings (SSSR count). The van der Waals surface area contributed by atoms with E-state index in [0.29, 0.717) is 0 Å². The van der Waals surface area contributed by atoms with Crippen LogP contribution in [0.2, 0.25) is 5.02 Å². The highest BCUT2D eigenvalue weighted by atomic mass is 35.5. The number of halogens is 1. The number of amides is 1. The van der Waals surface area contributed by atoms with Gasteiger partial charge in [-0.2, -0.15) is 0 Å². The summed E-state index contributed by atoms with van der Waals surface area (Å²) >= 11 is 7.39. The number of hydrogen-bond donors (Lipinski definition) is 0. The molecule has 2 nitrogen and oxygen atoms in total. The van der Waals surface area contributed by atoms with E-state index < -0.39 is 0 Å². The number of thioether (sulfide) groups is 1. The van der Waals surface area contributed by atoms with Crippen molar-refractivity contribution in [3.05, 3.63) is 29.3 Å². The zero-order valence-electron chi connectivity index (χ0n) is 9.74. The predicted octanol–water partition coefficient (Wildman–Crippen LogP) is 3.30. The Balaban J connectivity index is 2.70. The molecule has 16 heavy (non-hydrogen) atoms. The Bertz CT molecular complexity index is 351. The fourth-order valence-corrected chi connectivity index (χ4v) is 2.50. The van der Waals surface area contributed by atoms with Gasteiger partial charge in [0.15, 0.2) is 0 Å². The summed E-state index contributed by atoms with van der Waals surface area (Å²) in [7, 11) is 3.57. The molecule has 0 aromatic heterocycles. The topological polar surface area (TPSA) is 20.3 Å². The molecule has 0 saturated heterocycles. The van der Waals surface area contributed by atoms with Crippen molar-refractivity contribution >= 4 is 29.3 Å². The van der Waals surface area contributed by atoms with Crippen molar-refractivity contribution < 1.29 is 4.79 Å². The van der Waals surface area contributed by atoms with Gasteiger partial charge in [-0.1, -0.05) is 18.5 Å². The Morgan fingerprint density at radius 1 is 1.38 bits per heavy atom. The monoisotopic (exact) mass is 257 g/mol. The van der Waals surface area contributed by atoms with E-state index in [1.165, 1.54) is 0 Å². The maximum absolute atomic E-state index is 11.8. The summed E-state index contributed by atoms with van der Waals surface area (Å²) < 4.78 is 0. The van der Waals surface area contributed by atoms with Gasteiger partial charge >= 0.3 is 0 Å². The Morgan fingerprint density at radius 2 is 1.94 bits per heavy atom. The second-order valence-corrected chi connectivity index (χ2v) is 5.41. The van der Waals surface area contributed by atoms with Crippen molar-refractivity contribution in [3.63, 3.8) is 0 Å². The van der Waals surface area contributed by atoms with Gasteiger partial charge < -0.3 is 4.90 Å². The number of carbonyl (C=O) groups is 1. The molecule has 1 aromatic rings. The van der Waals surface area contributed by atoms with Crippen LogP contribution < -0.4 is 0 Å². The van der Waals surface area contributed by atoms with Crippen LogP contribution >= 0.6 is 23.4 Å². The van der Waals surface area contributed by atoms with E-state index in [1.54, 1.807) is 30.8 Å². The van der Waals surface area contributed by atoms with Crippen LogP contribution in [0.4, 0.5) is 0 Å². The highest BCUT2D eigenvalue weighted by Crippen LogP contribution is 2.27. The Morgan fingerprint density at radius 3 is 2.38 bits per heavy atom. The molecule has 0 bridgehead atoms. The summed E-state index contributed by atoms with van der Waals surface area (Å²) in [6.07, 6.45) is 0.824. The van der Waals surface area contributed by atoms with E-state index in [0.717, 1.165) is 16.3 Å². The Kier molecular flexibility index (Phi) is 5.16. The fourth-order valence-electron chi connectivity index (χ4n) is 1.27. The second kappa shape index (κ2) is 6.16. The molecule has 0 radical (unpaired) electrons. The van der Waals surface area contributed by atoms with E-state index in [2.05, 4.69) is 0 Å². The Hall–Kier alpha value is -0.670. The average Bonchev–Trinajstić information content (AvgIpc) is 2.27. The molecule has 0 heterocycles. The minimum Gasteiger partial charge on any atom is -0.348 e. The van der Waals surface area contributed by atoms with Crippen molar-refractivity contribution in [1.29, 1.82) is 0 Å². The van der Waals surface area contributed by atoms with Crippen LogP contribution in [-0.2, 0) is 4.79 Å². The first-order valence-electron chi connectivity index (χ1n) is 5.18. The van der Waals surface area contributed by atoms with Gasteiger partial charge in [0.2, 0.25) is 5.91 Å². The van der Waals surface area contributed by atoms with Crippen LogP contribution in [0.1, 0.15) is 13.3 Å². The first kappa shape index (κ1) is 13.4. The lowest BCUT2D eigenvalue weighted by Crippen LogP contribution is -2.31. The van der Waals surface area contributed by atoms with Crippen LogP contribution in [0.15, 0.2) is 29.2 Å². The summed E-state index contributed by atoms with van der Waals surface area (Å²) in [6.45, 7) is 2.02. The lowest BCUT2D eigenvalue weighted by Gasteiger charge is -2.18. The summed E-state index contributed by atoms with van der Waals surface area (Å²) in [4.78, 5) is 14.5. The largest absolute Gasteiger partial charge is 0.348 e. The van der Waals surface area contributed by atoms with Gasteiger partial charge in [-0.25, -0.2) is 0 Å². The minimum absolute atomic E-state index is 0.0174. The number of carbonyl (C=O) groups excluding carboxylic acids is 1. The molecule has 1 atom stereocenters. The lowest BCUT2D eigenvalue weighted by molar-refractivity contribution is -0.128. The molecule has 4 heteroatoms. The van der Waals surface area contributed by atoms with Crippen molar-refractivity contribution in [3.8, 4) is 0 Å². The van der Waals surface area contributed by atoms with Crippen LogP contribution in [0.5, 0.6) is 0 Å². The molecule has 0 spiro atoms. The number of rotatable bonds is 4. The van der Waals surface area contributed by atoms with E-state index in [9.17, 15) is 4.79 Å². The van der Waals surface area contributed by atoms with Crippen LogP contribution in [0, 0.1) is 0 Å². The van der Waals surface area contributed by atoms with Gasteiger partial charge in [0, 0.05) is 24.0 Å². The zero-order valence-corrected chi connectivity index (χ0v) is 11.3. The molecule has 88 valence electrons. The molecule has 0 aliphatic rings. The Labute approximate surface area is 106 Å². The van der Waals surface area contributed by atoms with Gasteiger partial charge in [-0.15, -0.1) is 11.8 Å². The summed E-state index contributed by atoms with van der Waals surface area (Å²) in [5.74, 6) is 0.155. The first-order valence-corrected chi connectivity index (χ1v) is 6.43. The average molecular weight is 258 g/mol. The van der Waals surface area contributed by atoms with Crippen molar-refractivity contribution in [1.82, 2.24) is 4.90 Å². The molecular weight excluding hydrogens is 242 g/mol. The van der Waals surface area contributed by atoms with Crippen LogP contribution in [0.3, 0.4) is 0 Å². The summed E-state index contributed by atoms with van der Waals surface area (Å²) in [5.41, 5.74) is 0. The normalized spacial score (nSPS) is 12.2. The molecule has 1 amide bonds. The smallest absolute Gasteiger partial charge is 0.235 e. The van der Waals surface area contributed by atoms with Crippen molar-refractivity contribution in [2.45, 2.75) is 23.5 Å². The van der Waals surface area contributed by atoms with E-state index in [-0.39, 0.29) is 11.2 Å². The molecule has 0 fully saturated rings. The molecule has 0 unspecified atom stereocenters. The highest BCUT2D eigenvalue weighted by Gasteiger charge is 2.19. The highest BCUT2D eigenvalue weighted by molar-refractivity contribution is 8.00. The molecule has 0 aliphatic heterocycles. The van der Waals surface area contributed by atoms with Crippen molar-refractivity contribution in [2.75, 3.05) is 14.1 Å². The van der Waals surface area contributed by atoms with E-state index in [1.807, 2.05) is 31.2 Å². The molecule has 1 aromatic carbocycles. The van der Waals surface area contributed by atoms with Gasteiger partial charge in [0.25, 0.3) is 0 Å². The van der Waals surface area contributed by atoms with Gasteiger partial charge in [0.05, 0.1) is 5.25 Å². The number of hydrogen-bond acceptors (Lipinski definition) is 2. The third kappa shape index (κ3) is 3.72. The summed E-state index contributed by atoms with van der Waals surface area (Å²) in [6, 6.07) is 7.57. The molecular formula is C12H16ClNOS. The zero-order chi connectivity index (χ0) is 12.1. The second-order valence-electron chi connectivity index (χ2n) is 3.70. The molecule has 0 aliphatic carbocycles. The van der Waals surface area contributed by atoms with Crippen molar-refractivity contribution in [2.24, 2.45) is 0 Å². The minimum atomic E-state index is -0.0174.